The maximum absolute atomic E-state index is 12.3. The largest absolute Gasteiger partial charge is 0.481 e. The van der Waals surface area contributed by atoms with Crippen LogP contribution in [0.5, 0.6) is 0 Å². The molecule has 0 saturated heterocycles. The average molecular weight is 361 g/mol. The van der Waals surface area contributed by atoms with Gasteiger partial charge in [0.1, 0.15) is 16.7 Å². The van der Waals surface area contributed by atoms with Crippen molar-refractivity contribution in [2.45, 2.75) is 25.8 Å². The quantitative estimate of drug-likeness (QED) is 0.697. The highest BCUT2D eigenvalue weighted by atomic mass is 32.1. The van der Waals surface area contributed by atoms with E-state index >= 15 is 0 Å². The molecule has 132 valence electrons. The molecule has 8 heteroatoms. The summed E-state index contributed by atoms with van der Waals surface area (Å²) in [4.78, 5) is 39.1. The van der Waals surface area contributed by atoms with Crippen LogP contribution in [0.4, 0.5) is 0 Å². The first kappa shape index (κ1) is 18.6. The van der Waals surface area contributed by atoms with E-state index in [-0.39, 0.29) is 18.5 Å². The number of likely N-dealkylation sites (N-methyl/N-ethyl adjacent to an activating group) is 1. The van der Waals surface area contributed by atoms with Crippen LogP contribution in [0.3, 0.4) is 0 Å². The Balaban J connectivity index is 2.09. The third kappa shape index (κ3) is 5.12. The topological polar surface area (TPSA) is 108 Å². The number of carboxylic acids is 1. The molecule has 3 N–H and O–H groups in total. The van der Waals surface area contributed by atoms with E-state index in [1.807, 2.05) is 31.2 Å². The summed E-state index contributed by atoms with van der Waals surface area (Å²) < 4.78 is 0. The Morgan fingerprint density at radius 3 is 2.52 bits per heavy atom. The Morgan fingerprint density at radius 1 is 1.24 bits per heavy atom. The molecule has 1 aromatic carbocycles. The average Bonchev–Trinajstić information content (AvgIpc) is 3.08. The van der Waals surface area contributed by atoms with Crippen LogP contribution >= 0.6 is 11.3 Å². The minimum absolute atomic E-state index is 0.00963. The number of aliphatic carboxylic acids is 1. The molecule has 0 spiro atoms. The number of thiazole rings is 1. The van der Waals surface area contributed by atoms with Crippen molar-refractivity contribution in [1.82, 2.24) is 15.6 Å². The number of amides is 2. The van der Waals surface area contributed by atoms with E-state index in [1.54, 1.807) is 5.38 Å². The van der Waals surface area contributed by atoms with Gasteiger partial charge in [0.25, 0.3) is 5.91 Å². The molecule has 2 aromatic rings. The Morgan fingerprint density at radius 2 is 1.92 bits per heavy atom. The van der Waals surface area contributed by atoms with Gasteiger partial charge in [-0.2, -0.15) is 0 Å². The zero-order chi connectivity index (χ0) is 18.4. The molecule has 0 aliphatic heterocycles. The smallest absolute Gasteiger partial charge is 0.303 e. The van der Waals surface area contributed by atoms with Gasteiger partial charge in [0.05, 0.1) is 0 Å². The number of aromatic nitrogens is 1. The molecule has 25 heavy (non-hydrogen) atoms. The highest BCUT2D eigenvalue weighted by Crippen LogP contribution is 2.24. The lowest BCUT2D eigenvalue weighted by Gasteiger charge is -2.15. The maximum Gasteiger partial charge on any atom is 0.303 e. The van der Waals surface area contributed by atoms with Crippen LogP contribution < -0.4 is 10.6 Å². The van der Waals surface area contributed by atoms with E-state index in [4.69, 9.17) is 5.11 Å². The summed E-state index contributed by atoms with van der Waals surface area (Å²) in [6.45, 7) is 1.99. The van der Waals surface area contributed by atoms with Gasteiger partial charge in [0.15, 0.2) is 0 Å². The summed E-state index contributed by atoms with van der Waals surface area (Å²) in [5.41, 5.74) is 2.23. The van der Waals surface area contributed by atoms with Gasteiger partial charge in [0.2, 0.25) is 5.91 Å². The fourth-order valence-electron chi connectivity index (χ4n) is 2.15. The molecule has 1 aromatic heterocycles. The van der Waals surface area contributed by atoms with E-state index in [2.05, 4.69) is 15.6 Å². The first-order chi connectivity index (χ1) is 11.9. The highest BCUT2D eigenvalue weighted by Gasteiger charge is 2.22. The second-order valence-corrected chi connectivity index (χ2v) is 6.33. The van der Waals surface area contributed by atoms with Crippen molar-refractivity contribution in [3.63, 3.8) is 0 Å². The SMILES string of the molecule is CNC(=O)C(CCC(=O)O)NC(=O)c1csc(-c2ccc(C)cc2)n1. The molecule has 1 heterocycles. The normalized spacial score (nSPS) is 11.6. The fraction of sp³-hybridized carbons (Fsp3) is 0.294. The molecule has 7 nitrogen and oxygen atoms in total. The zero-order valence-corrected chi connectivity index (χ0v) is 14.7. The third-order valence-corrected chi connectivity index (χ3v) is 4.44. The number of hydrogen-bond donors (Lipinski definition) is 3. The lowest BCUT2D eigenvalue weighted by Crippen LogP contribution is -2.46. The number of carbonyl (C=O) groups is 3. The molecule has 2 rings (SSSR count). The molecular weight excluding hydrogens is 342 g/mol. The Kier molecular flexibility index (Phi) is 6.24. The Hall–Kier alpha value is -2.74. The van der Waals surface area contributed by atoms with E-state index in [0.29, 0.717) is 5.01 Å². The summed E-state index contributed by atoms with van der Waals surface area (Å²) in [6, 6.07) is 6.86. The van der Waals surface area contributed by atoms with E-state index in [0.717, 1.165) is 11.1 Å². The summed E-state index contributed by atoms with van der Waals surface area (Å²) in [5.74, 6) is -1.98. The zero-order valence-electron chi connectivity index (χ0n) is 13.9. The van der Waals surface area contributed by atoms with Crippen molar-refractivity contribution in [3.05, 3.63) is 40.9 Å². The number of carbonyl (C=O) groups excluding carboxylic acids is 2. The minimum Gasteiger partial charge on any atom is -0.481 e. The molecule has 1 atom stereocenters. The van der Waals surface area contributed by atoms with Crippen molar-refractivity contribution in [2.24, 2.45) is 0 Å². The number of carboxylic acid groups (broad SMARTS) is 1. The van der Waals surface area contributed by atoms with Crippen LogP contribution in [0.1, 0.15) is 28.9 Å². The van der Waals surface area contributed by atoms with Crippen molar-refractivity contribution in [3.8, 4) is 10.6 Å². The molecule has 0 radical (unpaired) electrons. The number of aryl methyl sites for hydroxylation is 1. The van der Waals surface area contributed by atoms with E-state index in [1.165, 1.54) is 18.4 Å². The second kappa shape index (κ2) is 8.39. The molecule has 0 aliphatic carbocycles. The summed E-state index contributed by atoms with van der Waals surface area (Å²) >= 11 is 1.33. The van der Waals surface area contributed by atoms with Crippen molar-refractivity contribution < 1.29 is 19.5 Å². The summed E-state index contributed by atoms with van der Waals surface area (Å²) in [5, 5.41) is 16.0. The first-order valence-corrected chi connectivity index (χ1v) is 8.55. The van der Waals surface area contributed by atoms with Gasteiger partial charge < -0.3 is 15.7 Å². The number of hydrogen-bond acceptors (Lipinski definition) is 5. The predicted octanol–water partition coefficient (Wildman–Crippen LogP) is 1.83. The van der Waals surface area contributed by atoms with Gasteiger partial charge in [0, 0.05) is 24.4 Å². The molecule has 0 saturated carbocycles. The van der Waals surface area contributed by atoms with Gasteiger partial charge in [-0.3, -0.25) is 14.4 Å². The third-order valence-electron chi connectivity index (χ3n) is 3.55. The standard InChI is InChI=1S/C17H19N3O4S/c1-10-3-5-11(6-4-10)17-20-13(9-25-17)16(24)19-12(15(23)18-2)7-8-14(21)22/h3-6,9,12H,7-8H2,1-2H3,(H,18,23)(H,19,24)(H,21,22). The van der Waals surface area contributed by atoms with Crippen LogP contribution in [0.15, 0.2) is 29.6 Å². The van der Waals surface area contributed by atoms with Gasteiger partial charge in [-0.25, -0.2) is 4.98 Å². The molecule has 0 aliphatic rings. The Labute approximate surface area is 149 Å². The fourth-order valence-corrected chi connectivity index (χ4v) is 2.96. The van der Waals surface area contributed by atoms with Crippen LogP contribution in [-0.4, -0.2) is 41.0 Å². The summed E-state index contributed by atoms with van der Waals surface area (Å²) in [6.07, 6.45) is -0.209. The van der Waals surface area contributed by atoms with Crippen LogP contribution in [-0.2, 0) is 9.59 Å². The first-order valence-electron chi connectivity index (χ1n) is 7.67. The lowest BCUT2D eigenvalue weighted by atomic mass is 10.1. The molecular formula is C17H19N3O4S. The monoisotopic (exact) mass is 361 g/mol. The number of benzene rings is 1. The van der Waals surface area contributed by atoms with Crippen molar-refractivity contribution >= 4 is 29.1 Å². The minimum atomic E-state index is -1.03. The van der Waals surface area contributed by atoms with Gasteiger partial charge in [-0.05, 0) is 13.3 Å². The van der Waals surface area contributed by atoms with Gasteiger partial charge in [-0.1, -0.05) is 29.8 Å². The van der Waals surface area contributed by atoms with Crippen LogP contribution in [0, 0.1) is 6.92 Å². The van der Waals surface area contributed by atoms with E-state index in [9.17, 15) is 14.4 Å². The molecule has 0 bridgehead atoms. The summed E-state index contributed by atoms with van der Waals surface area (Å²) in [7, 11) is 1.43. The highest BCUT2D eigenvalue weighted by molar-refractivity contribution is 7.13. The number of nitrogens with one attached hydrogen (secondary N) is 2. The number of rotatable bonds is 7. The molecule has 2 amide bonds. The molecule has 0 fully saturated rings. The van der Waals surface area contributed by atoms with Gasteiger partial charge >= 0.3 is 5.97 Å². The van der Waals surface area contributed by atoms with Crippen molar-refractivity contribution in [2.75, 3.05) is 7.05 Å². The lowest BCUT2D eigenvalue weighted by molar-refractivity contribution is -0.137. The van der Waals surface area contributed by atoms with Crippen LogP contribution in [0.2, 0.25) is 0 Å². The Bertz CT molecular complexity index is 770. The number of nitrogens with zero attached hydrogens (tertiary/aromatic N) is 1. The maximum atomic E-state index is 12.3. The molecule has 1 unspecified atom stereocenters. The van der Waals surface area contributed by atoms with E-state index < -0.39 is 23.8 Å². The predicted molar refractivity (Wildman–Crippen MR) is 94.5 cm³/mol. The van der Waals surface area contributed by atoms with Gasteiger partial charge in [-0.15, -0.1) is 11.3 Å². The van der Waals surface area contributed by atoms with Crippen molar-refractivity contribution in [1.29, 1.82) is 0 Å². The second-order valence-electron chi connectivity index (χ2n) is 5.48. The van der Waals surface area contributed by atoms with Crippen LogP contribution in [0.25, 0.3) is 10.6 Å².